The standard InChI is InChI=1S/C66H42BN5/c1-5-21-43(22-6-1)68-58-35-19-15-31-50(58)52-39-54-62(41-60(52)68)70(45-25-9-3-10-26-45)64-37-47(72-56-33-17-13-29-48(56)49-30-14-18-34-57(49)72)38-65-66(64)67(54)55-40-53-51-32-16-20-36-59(51)69(44-23-7-2-8-24-44)61(53)42-63(55)71(65)46-27-11-4-12-28-46/h1-42H. The summed E-state index contributed by atoms with van der Waals surface area (Å²) in [5, 5.41) is 7.42. The van der Waals surface area contributed by atoms with Gasteiger partial charge in [0.05, 0.1) is 38.8 Å². The molecular weight excluding hydrogens is 874 g/mol. The molecule has 16 rings (SSSR count). The minimum atomic E-state index is -0.126. The molecule has 0 unspecified atom stereocenters. The Balaban J connectivity index is 1.10. The van der Waals surface area contributed by atoms with Crippen LogP contribution in [0.15, 0.2) is 255 Å². The Kier molecular flexibility index (Phi) is 8.19. The molecule has 0 radical (unpaired) electrons. The van der Waals surface area contributed by atoms with E-state index in [1.807, 2.05) is 0 Å². The predicted octanol–water partition coefficient (Wildman–Crippen LogP) is 15.1. The van der Waals surface area contributed by atoms with Gasteiger partial charge in [0.15, 0.2) is 0 Å². The van der Waals surface area contributed by atoms with Gasteiger partial charge in [-0.05, 0) is 113 Å². The van der Waals surface area contributed by atoms with Crippen molar-refractivity contribution >= 4 is 123 Å². The van der Waals surface area contributed by atoms with E-state index >= 15 is 0 Å². The van der Waals surface area contributed by atoms with Gasteiger partial charge in [-0.15, -0.1) is 0 Å². The Bertz CT molecular complexity index is 4230. The molecule has 0 fully saturated rings. The third-order valence-corrected chi connectivity index (χ3v) is 15.5. The molecule has 11 aromatic carbocycles. The van der Waals surface area contributed by atoms with Gasteiger partial charge in [-0.25, -0.2) is 0 Å². The van der Waals surface area contributed by atoms with Crippen molar-refractivity contribution in [2.75, 3.05) is 9.80 Å². The van der Waals surface area contributed by atoms with E-state index < -0.39 is 0 Å². The van der Waals surface area contributed by atoms with Crippen LogP contribution in [0.3, 0.4) is 0 Å². The Hall–Kier alpha value is -9.52. The number of hydrogen-bond acceptors (Lipinski definition) is 2. The zero-order valence-electron chi connectivity index (χ0n) is 39.1. The second kappa shape index (κ2) is 15.0. The first-order valence-corrected chi connectivity index (χ1v) is 24.9. The summed E-state index contributed by atoms with van der Waals surface area (Å²) in [5.41, 5.74) is 21.2. The van der Waals surface area contributed by atoms with Crippen molar-refractivity contribution in [3.8, 4) is 17.1 Å². The van der Waals surface area contributed by atoms with E-state index in [9.17, 15) is 0 Å². The molecule has 334 valence electrons. The van der Waals surface area contributed by atoms with Crippen molar-refractivity contribution < 1.29 is 0 Å². The van der Waals surface area contributed by atoms with Crippen molar-refractivity contribution in [1.29, 1.82) is 0 Å². The van der Waals surface area contributed by atoms with Gasteiger partial charge in [0.25, 0.3) is 6.71 Å². The van der Waals surface area contributed by atoms with E-state index in [0.29, 0.717) is 0 Å². The highest BCUT2D eigenvalue weighted by Crippen LogP contribution is 2.49. The van der Waals surface area contributed by atoms with Crippen LogP contribution in [-0.2, 0) is 0 Å². The second-order valence-electron chi connectivity index (χ2n) is 19.3. The first-order valence-electron chi connectivity index (χ1n) is 24.9. The first-order chi connectivity index (χ1) is 35.8. The number of para-hydroxylation sites is 8. The molecule has 0 N–H and O–H groups in total. The van der Waals surface area contributed by atoms with Crippen molar-refractivity contribution in [2.24, 2.45) is 0 Å². The topological polar surface area (TPSA) is 21.3 Å². The van der Waals surface area contributed by atoms with Gasteiger partial charge >= 0.3 is 0 Å². The SMILES string of the molecule is c1ccc(N2c3cc4c(cc3B3c5cc6c7ccccc7n(-c7ccccc7)c6cc5N(c5ccccc5)c5cc(-n6c7ccccc7c7ccccc76)cc2c53)c2ccccc2n4-c2ccccc2)cc1. The molecule has 0 saturated carbocycles. The van der Waals surface area contributed by atoms with Crippen LogP contribution in [0.4, 0.5) is 34.1 Å². The maximum Gasteiger partial charge on any atom is 0.252 e. The lowest BCUT2D eigenvalue weighted by atomic mass is 9.33. The molecule has 3 aromatic heterocycles. The van der Waals surface area contributed by atoms with Gasteiger partial charge in [0.2, 0.25) is 0 Å². The van der Waals surface area contributed by atoms with E-state index in [1.54, 1.807) is 0 Å². The summed E-state index contributed by atoms with van der Waals surface area (Å²) in [6, 6.07) is 94.3. The molecule has 72 heavy (non-hydrogen) atoms. The molecule has 6 heteroatoms. The lowest BCUT2D eigenvalue weighted by Gasteiger charge is -2.44. The van der Waals surface area contributed by atoms with Gasteiger partial charge in [0.1, 0.15) is 0 Å². The summed E-state index contributed by atoms with van der Waals surface area (Å²) in [6.45, 7) is -0.126. The van der Waals surface area contributed by atoms with Crippen LogP contribution < -0.4 is 26.2 Å². The van der Waals surface area contributed by atoms with Crippen LogP contribution in [0.2, 0.25) is 0 Å². The highest BCUT2D eigenvalue weighted by molar-refractivity contribution is 7.00. The van der Waals surface area contributed by atoms with Gasteiger partial charge in [-0.1, -0.05) is 158 Å². The highest BCUT2D eigenvalue weighted by Gasteiger charge is 2.45. The molecule has 0 spiro atoms. The molecule has 14 aromatic rings. The number of rotatable bonds is 5. The van der Waals surface area contributed by atoms with Gasteiger partial charge in [-0.2, -0.15) is 0 Å². The van der Waals surface area contributed by atoms with E-state index in [1.165, 1.54) is 93.2 Å². The van der Waals surface area contributed by atoms with Crippen LogP contribution in [0.5, 0.6) is 0 Å². The van der Waals surface area contributed by atoms with Crippen LogP contribution in [0.1, 0.15) is 0 Å². The number of aromatic nitrogens is 3. The number of nitrogens with zero attached hydrogens (tertiary/aromatic N) is 5. The number of anilines is 6. The highest BCUT2D eigenvalue weighted by atomic mass is 15.2. The summed E-state index contributed by atoms with van der Waals surface area (Å²) in [4.78, 5) is 5.12. The molecule has 5 heterocycles. The zero-order chi connectivity index (χ0) is 47.0. The lowest BCUT2D eigenvalue weighted by molar-refractivity contribution is 1.16. The van der Waals surface area contributed by atoms with E-state index in [4.69, 9.17) is 0 Å². The van der Waals surface area contributed by atoms with Crippen LogP contribution in [-0.4, -0.2) is 20.4 Å². The van der Waals surface area contributed by atoms with Gasteiger partial charge in [0, 0.05) is 77.8 Å². The molecule has 2 aliphatic rings. The number of hydrogen-bond donors (Lipinski definition) is 0. The maximum atomic E-state index is 2.56. The smallest absolute Gasteiger partial charge is 0.252 e. The Morgan fingerprint density at radius 1 is 0.222 bits per heavy atom. The third-order valence-electron chi connectivity index (χ3n) is 15.5. The fourth-order valence-electron chi connectivity index (χ4n) is 12.7. The largest absolute Gasteiger partial charge is 0.311 e. The zero-order valence-corrected chi connectivity index (χ0v) is 39.1. The molecule has 0 atom stereocenters. The molecule has 0 aliphatic carbocycles. The Labute approximate surface area is 416 Å². The monoisotopic (exact) mass is 915 g/mol. The average Bonchev–Trinajstić information content (AvgIpc) is 4.08. The third kappa shape index (κ3) is 5.43. The van der Waals surface area contributed by atoms with Gasteiger partial charge in [-0.3, -0.25) is 0 Å². The molecule has 5 nitrogen and oxygen atoms in total. The van der Waals surface area contributed by atoms with E-state index in [-0.39, 0.29) is 6.71 Å². The van der Waals surface area contributed by atoms with Crippen molar-refractivity contribution in [3.63, 3.8) is 0 Å². The molecule has 2 aliphatic heterocycles. The summed E-state index contributed by atoms with van der Waals surface area (Å²) < 4.78 is 7.40. The van der Waals surface area contributed by atoms with E-state index in [2.05, 4.69) is 278 Å². The average molecular weight is 916 g/mol. The van der Waals surface area contributed by atoms with Crippen molar-refractivity contribution in [2.45, 2.75) is 0 Å². The predicted molar refractivity (Wildman–Crippen MR) is 303 cm³/mol. The fraction of sp³-hybridized carbons (Fsp3) is 0. The maximum absolute atomic E-state index is 2.56. The quantitative estimate of drug-likeness (QED) is 0.160. The first kappa shape index (κ1) is 39.3. The minimum Gasteiger partial charge on any atom is -0.311 e. The summed E-state index contributed by atoms with van der Waals surface area (Å²) >= 11 is 0. The molecular formula is C66H42BN5. The Morgan fingerprint density at radius 3 is 0.903 bits per heavy atom. The summed E-state index contributed by atoms with van der Waals surface area (Å²) in [6.07, 6.45) is 0. The summed E-state index contributed by atoms with van der Waals surface area (Å²) in [5.74, 6) is 0. The number of benzene rings is 11. The minimum absolute atomic E-state index is 0.126. The van der Waals surface area contributed by atoms with Crippen molar-refractivity contribution in [1.82, 2.24) is 13.7 Å². The molecule has 0 bridgehead atoms. The molecule has 0 amide bonds. The molecule has 0 saturated heterocycles. The second-order valence-corrected chi connectivity index (χ2v) is 19.3. The lowest BCUT2D eigenvalue weighted by Crippen LogP contribution is -2.61. The van der Waals surface area contributed by atoms with Crippen LogP contribution in [0, 0.1) is 0 Å². The fourth-order valence-corrected chi connectivity index (χ4v) is 12.7. The van der Waals surface area contributed by atoms with Crippen LogP contribution in [0.25, 0.3) is 82.5 Å². The van der Waals surface area contributed by atoms with Crippen LogP contribution >= 0.6 is 0 Å². The summed E-state index contributed by atoms with van der Waals surface area (Å²) in [7, 11) is 0. The number of fused-ring (bicyclic) bond motifs is 13. The van der Waals surface area contributed by atoms with Gasteiger partial charge < -0.3 is 23.5 Å². The Morgan fingerprint density at radius 2 is 0.528 bits per heavy atom. The van der Waals surface area contributed by atoms with Crippen molar-refractivity contribution in [3.05, 3.63) is 255 Å². The van der Waals surface area contributed by atoms with E-state index in [0.717, 1.165) is 39.8 Å². The normalized spacial score (nSPS) is 12.9.